The summed E-state index contributed by atoms with van der Waals surface area (Å²) >= 11 is 1.56. The van der Waals surface area contributed by atoms with E-state index >= 15 is 0 Å². The number of rotatable bonds is 10. The highest BCUT2D eigenvalue weighted by Crippen LogP contribution is 2.41. The van der Waals surface area contributed by atoms with Gasteiger partial charge in [0.15, 0.2) is 0 Å². The van der Waals surface area contributed by atoms with Gasteiger partial charge in [-0.3, -0.25) is 4.79 Å². The zero-order valence-electron chi connectivity index (χ0n) is 13.2. The van der Waals surface area contributed by atoms with Crippen molar-refractivity contribution in [3.8, 4) is 0 Å². The van der Waals surface area contributed by atoms with E-state index in [1.807, 2.05) is 5.38 Å². The first kappa shape index (κ1) is 18.1. The summed E-state index contributed by atoms with van der Waals surface area (Å²) in [7, 11) is 0. The summed E-state index contributed by atoms with van der Waals surface area (Å²) in [6.07, 6.45) is 5.40. The predicted octanol–water partition coefficient (Wildman–Crippen LogP) is 3.74. The van der Waals surface area contributed by atoms with Crippen LogP contribution >= 0.6 is 11.3 Å². The number of nitrogens with zero attached hydrogens (tertiary/aromatic N) is 1. The second-order valence-corrected chi connectivity index (χ2v) is 6.97. The van der Waals surface area contributed by atoms with Crippen LogP contribution in [-0.2, 0) is 11.2 Å². The molecule has 0 spiro atoms. The molecule has 4 nitrogen and oxygen atoms in total. The fraction of sp³-hybridized carbons (Fsp3) is 0.750. The van der Waals surface area contributed by atoms with Gasteiger partial charge in [-0.2, -0.15) is 0 Å². The standard InChI is InChI=1S/C16H27NO3S/c1-4-6-12(13(18)11-14-17-9-10-21-14)16(3,5-2)8-7-15(19)20/h9-10,12-13,18H,4-8,11H2,1-3H3,(H,19,20). The Labute approximate surface area is 131 Å². The number of aliphatic carboxylic acids is 1. The molecule has 120 valence electrons. The Bertz CT molecular complexity index is 421. The molecule has 0 bridgehead atoms. The van der Waals surface area contributed by atoms with E-state index in [1.165, 1.54) is 0 Å². The zero-order valence-corrected chi connectivity index (χ0v) is 14.0. The Morgan fingerprint density at radius 2 is 2.19 bits per heavy atom. The van der Waals surface area contributed by atoms with E-state index in [2.05, 4.69) is 25.8 Å². The van der Waals surface area contributed by atoms with E-state index in [9.17, 15) is 9.90 Å². The van der Waals surface area contributed by atoms with E-state index in [4.69, 9.17) is 5.11 Å². The molecule has 2 N–H and O–H groups in total. The maximum Gasteiger partial charge on any atom is 0.303 e. The highest BCUT2D eigenvalue weighted by molar-refractivity contribution is 7.09. The van der Waals surface area contributed by atoms with Gasteiger partial charge in [0, 0.05) is 24.4 Å². The lowest BCUT2D eigenvalue weighted by Gasteiger charge is -2.40. The van der Waals surface area contributed by atoms with Crippen molar-refractivity contribution in [3.05, 3.63) is 16.6 Å². The minimum Gasteiger partial charge on any atom is -0.481 e. The lowest BCUT2D eigenvalue weighted by Crippen LogP contribution is -2.37. The van der Waals surface area contributed by atoms with Gasteiger partial charge in [-0.15, -0.1) is 11.3 Å². The maximum absolute atomic E-state index is 10.9. The van der Waals surface area contributed by atoms with E-state index in [-0.39, 0.29) is 17.8 Å². The number of thiazole rings is 1. The third kappa shape index (κ3) is 5.40. The first-order valence-corrected chi connectivity index (χ1v) is 8.59. The van der Waals surface area contributed by atoms with Crippen molar-refractivity contribution >= 4 is 17.3 Å². The SMILES string of the molecule is CCCC(C(O)Cc1nccs1)C(C)(CC)CCC(=O)O. The summed E-state index contributed by atoms with van der Waals surface area (Å²) < 4.78 is 0. The van der Waals surface area contributed by atoms with Gasteiger partial charge in [-0.05, 0) is 24.2 Å². The third-order valence-electron chi connectivity index (χ3n) is 4.54. The minimum atomic E-state index is -0.765. The molecule has 0 aromatic carbocycles. The molecule has 0 fully saturated rings. The van der Waals surface area contributed by atoms with Crippen LogP contribution in [0, 0.1) is 11.3 Å². The summed E-state index contributed by atoms with van der Waals surface area (Å²) in [5.74, 6) is -0.657. The fourth-order valence-corrected chi connectivity index (χ4v) is 3.68. The summed E-state index contributed by atoms with van der Waals surface area (Å²) in [4.78, 5) is 15.1. The van der Waals surface area contributed by atoms with E-state index in [0.717, 1.165) is 24.3 Å². The van der Waals surface area contributed by atoms with Crippen LogP contribution in [0.4, 0.5) is 0 Å². The second kappa shape index (κ2) is 8.49. The quantitative estimate of drug-likeness (QED) is 0.690. The largest absolute Gasteiger partial charge is 0.481 e. The first-order valence-electron chi connectivity index (χ1n) is 7.71. The number of carboxylic acids is 1. The van der Waals surface area contributed by atoms with Gasteiger partial charge >= 0.3 is 5.97 Å². The fourth-order valence-electron chi connectivity index (χ4n) is 3.01. The third-order valence-corrected chi connectivity index (χ3v) is 5.35. The summed E-state index contributed by atoms with van der Waals surface area (Å²) in [6, 6.07) is 0. The van der Waals surface area contributed by atoms with Crippen LogP contribution in [-0.4, -0.2) is 27.3 Å². The summed E-state index contributed by atoms with van der Waals surface area (Å²) in [6.45, 7) is 6.30. The van der Waals surface area contributed by atoms with Crippen molar-refractivity contribution in [2.75, 3.05) is 0 Å². The molecule has 5 heteroatoms. The number of hydrogen-bond acceptors (Lipinski definition) is 4. The van der Waals surface area contributed by atoms with Crippen molar-refractivity contribution in [2.24, 2.45) is 11.3 Å². The van der Waals surface area contributed by atoms with Gasteiger partial charge in [-0.1, -0.05) is 33.6 Å². The Morgan fingerprint density at radius 3 is 2.67 bits per heavy atom. The van der Waals surface area contributed by atoms with Gasteiger partial charge in [0.05, 0.1) is 11.1 Å². The van der Waals surface area contributed by atoms with E-state index in [0.29, 0.717) is 12.8 Å². The van der Waals surface area contributed by atoms with Gasteiger partial charge in [0.1, 0.15) is 0 Å². The van der Waals surface area contributed by atoms with Crippen LogP contribution in [0.5, 0.6) is 0 Å². The van der Waals surface area contributed by atoms with Gasteiger partial charge in [0.25, 0.3) is 0 Å². The maximum atomic E-state index is 10.9. The van der Waals surface area contributed by atoms with Crippen LogP contribution in [0.1, 0.15) is 57.9 Å². The average molecular weight is 313 g/mol. The molecule has 0 aliphatic carbocycles. The van der Waals surface area contributed by atoms with Crippen LogP contribution < -0.4 is 0 Å². The van der Waals surface area contributed by atoms with E-state index < -0.39 is 12.1 Å². The zero-order chi connectivity index (χ0) is 15.9. The van der Waals surface area contributed by atoms with Crippen molar-refractivity contribution < 1.29 is 15.0 Å². The molecule has 21 heavy (non-hydrogen) atoms. The molecule has 1 heterocycles. The first-order chi connectivity index (χ1) is 9.92. The van der Waals surface area contributed by atoms with Crippen LogP contribution in [0.3, 0.4) is 0 Å². The van der Waals surface area contributed by atoms with Crippen LogP contribution in [0.15, 0.2) is 11.6 Å². The normalized spacial score (nSPS) is 17.1. The lowest BCUT2D eigenvalue weighted by atomic mass is 9.67. The molecule has 1 aromatic rings. The number of aliphatic hydroxyl groups excluding tert-OH is 1. The van der Waals surface area contributed by atoms with Crippen molar-refractivity contribution in [1.29, 1.82) is 0 Å². The smallest absolute Gasteiger partial charge is 0.303 e. The second-order valence-electron chi connectivity index (χ2n) is 5.99. The molecule has 3 atom stereocenters. The molecular weight excluding hydrogens is 286 g/mol. The lowest BCUT2D eigenvalue weighted by molar-refractivity contribution is -0.138. The van der Waals surface area contributed by atoms with Gasteiger partial charge in [0.2, 0.25) is 0 Å². The Hall–Kier alpha value is -0.940. The monoisotopic (exact) mass is 313 g/mol. The number of carbonyl (C=O) groups is 1. The Morgan fingerprint density at radius 1 is 1.48 bits per heavy atom. The molecule has 1 rings (SSSR count). The molecule has 0 aliphatic heterocycles. The molecule has 0 radical (unpaired) electrons. The average Bonchev–Trinajstić information content (AvgIpc) is 2.95. The summed E-state index contributed by atoms with van der Waals surface area (Å²) in [5.41, 5.74) is -0.148. The topological polar surface area (TPSA) is 70.4 Å². The van der Waals surface area contributed by atoms with Gasteiger partial charge in [-0.25, -0.2) is 4.98 Å². The summed E-state index contributed by atoms with van der Waals surface area (Å²) in [5, 5.41) is 22.5. The molecule has 3 unspecified atom stereocenters. The highest BCUT2D eigenvalue weighted by atomic mass is 32.1. The van der Waals surface area contributed by atoms with Gasteiger partial charge < -0.3 is 10.2 Å². The number of aromatic nitrogens is 1. The van der Waals surface area contributed by atoms with E-state index in [1.54, 1.807) is 17.5 Å². The number of hydrogen-bond donors (Lipinski definition) is 2. The van der Waals surface area contributed by atoms with Crippen LogP contribution in [0.2, 0.25) is 0 Å². The van der Waals surface area contributed by atoms with Crippen molar-refractivity contribution in [3.63, 3.8) is 0 Å². The van der Waals surface area contributed by atoms with Crippen molar-refractivity contribution in [1.82, 2.24) is 4.98 Å². The molecule has 0 saturated carbocycles. The number of carboxylic acid groups (broad SMARTS) is 1. The molecule has 0 aliphatic rings. The van der Waals surface area contributed by atoms with Crippen LogP contribution in [0.25, 0.3) is 0 Å². The minimum absolute atomic E-state index is 0.107. The Balaban J connectivity index is 2.82. The molecule has 1 aromatic heterocycles. The molecular formula is C16H27NO3S. The molecule has 0 saturated heterocycles. The highest BCUT2D eigenvalue weighted by Gasteiger charge is 2.37. The van der Waals surface area contributed by atoms with Crippen molar-refractivity contribution in [2.45, 2.75) is 65.4 Å². The molecule has 0 amide bonds. The number of aliphatic hydroxyl groups is 1. The Kier molecular flexibility index (Phi) is 7.32. The predicted molar refractivity (Wildman–Crippen MR) is 85.5 cm³/mol.